The Morgan fingerprint density at radius 2 is 2.20 bits per heavy atom. The number of hydrogen-bond acceptors (Lipinski definition) is 11. The number of carbonyl (C=O) groups is 3. The number of oxime groups is 1. The molecule has 2 aliphatic rings. The third-order valence-corrected chi connectivity index (χ3v) is 9.18. The summed E-state index contributed by atoms with van der Waals surface area (Å²) >= 11 is 2.49. The van der Waals surface area contributed by atoms with Gasteiger partial charge < -0.3 is 35.7 Å². The number of nitrogens with one attached hydrogen (secondary N) is 2. The molecule has 0 saturated carbocycles. The molecule has 4 aromatic heterocycles. The fourth-order valence-electron chi connectivity index (χ4n) is 5.18. The highest BCUT2D eigenvalue weighted by atomic mass is 32.2. The summed E-state index contributed by atoms with van der Waals surface area (Å²) in [6, 6.07) is 6.46. The molecule has 0 aromatic carbocycles. The molecule has 226 valence electrons. The van der Waals surface area contributed by atoms with Gasteiger partial charge in [-0.15, -0.1) is 23.1 Å². The maximum atomic E-state index is 13.3. The number of carboxylic acid groups (broad SMARTS) is 1. The standard InChI is InChI=1S/C27H25N9O6S2/c1-41-33-19(16-12-44-27(30)31-16)23(37)32-20-24(38)36-21(26(39)40)14(11-43-25(20)36)8-34-5-2-3-17-18(34)4-6-35(17)9-15-7-13(10-42-15)22(28)29/h2-7,10,12,20,25H,8-9,11H2,1H3,(H6-,28,29,30,31,32,37,39,40)/p+1/b33-19-/t20-,25-/m1/s1. The Balaban J connectivity index is 1.22. The summed E-state index contributed by atoms with van der Waals surface area (Å²) < 4.78 is 9.45. The van der Waals surface area contributed by atoms with Crippen molar-refractivity contribution >= 4 is 68.6 Å². The third kappa shape index (κ3) is 5.15. The smallest absolute Gasteiger partial charge is 0.352 e. The summed E-state index contributed by atoms with van der Waals surface area (Å²) in [5, 5.41) is 25.3. The monoisotopic (exact) mass is 636 g/mol. The van der Waals surface area contributed by atoms with Crippen molar-refractivity contribution in [1.82, 2.24) is 19.8 Å². The van der Waals surface area contributed by atoms with E-state index >= 15 is 0 Å². The number of rotatable bonds is 10. The van der Waals surface area contributed by atoms with Gasteiger partial charge in [-0.1, -0.05) is 5.16 Å². The highest BCUT2D eigenvalue weighted by molar-refractivity contribution is 8.00. The van der Waals surface area contributed by atoms with Gasteiger partial charge in [-0.2, -0.15) is 4.57 Å². The predicted molar refractivity (Wildman–Crippen MR) is 161 cm³/mol. The molecule has 44 heavy (non-hydrogen) atoms. The minimum absolute atomic E-state index is 0.0781. The Morgan fingerprint density at radius 3 is 2.89 bits per heavy atom. The second kappa shape index (κ2) is 11.5. The molecule has 0 aliphatic carbocycles. The Kier molecular flexibility index (Phi) is 7.56. The number of thioether (sulfide) groups is 1. The lowest BCUT2D eigenvalue weighted by atomic mass is 10.0. The lowest BCUT2D eigenvalue weighted by Gasteiger charge is -2.49. The van der Waals surface area contributed by atoms with Crippen LogP contribution >= 0.6 is 23.1 Å². The quantitative estimate of drug-likeness (QED) is 0.0539. The molecule has 0 spiro atoms. The van der Waals surface area contributed by atoms with Crippen LogP contribution in [0.25, 0.3) is 11.0 Å². The first-order chi connectivity index (χ1) is 21.2. The number of amides is 2. The van der Waals surface area contributed by atoms with Crippen LogP contribution in [0.4, 0.5) is 5.13 Å². The van der Waals surface area contributed by atoms with Crippen LogP contribution in [0.15, 0.2) is 69.1 Å². The zero-order valence-corrected chi connectivity index (χ0v) is 24.7. The SMILES string of the molecule is CO/N=C(\C(=O)N[C@@H]1C(=O)N2C(C(=O)O)=C(C[n+]3cccc4c3ccn4Cc3cc(C(=N)N)co3)CS[C@H]12)c1csc(N)n1. The van der Waals surface area contributed by atoms with Gasteiger partial charge in [0, 0.05) is 35.0 Å². The van der Waals surface area contributed by atoms with Crippen LogP contribution in [-0.4, -0.2) is 73.2 Å². The number of pyridine rings is 1. The summed E-state index contributed by atoms with van der Waals surface area (Å²) in [6.45, 7) is 0.637. The molecule has 6 heterocycles. The van der Waals surface area contributed by atoms with Crippen molar-refractivity contribution < 1.29 is 33.3 Å². The number of amidine groups is 1. The van der Waals surface area contributed by atoms with E-state index in [0.717, 1.165) is 22.4 Å². The van der Waals surface area contributed by atoms with Gasteiger partial charge in [0.15, 0.2) is 23.6 Å². The number of carbonyl (C=O) groups excluding carboxylic acids is 2. The first-order valence-corrected chi connectivity index (χ1v) is 15.0. The van der Waals surface area contributed by atoms with E-state index in [0.29, 0.717) is 29.2 Å². The fourth-order valence-corrected chi connectivity index (χ4v) is 7.06. The van der Waals surface area contributed by atoms with E-state index in [-0.39, 0.29) is 34.6 Å². The van der Waals surface area contributed by atoms with E-state index in [1.165, 1.54) is 30.0 Å². The molecular formula is C27H26N9O6S2+. The summed E-state index contributed by atoms with van der Waals surface area (Å²) in [6.07, 6.45) is 5.18. The van der Waals surface area contributed by atoms with Crippen molar-refractivity contribution in [1.29, 1.82) is 5.41 Å². The largest absolute Gasteiger partial charge is 0.477 e. The Bertz CT molecular complexity index is 1890. The van der Waals surface area contributed by atoms with E-state index in [2.05, 4.69) is 15.5 Å². The highest BCUT2D eigenvalue weighted by Crippen LogP contribution is 2.40. The van der Waals surface area contributed by atoms with E-state index in [1.807, 2.05) is 39.7 Å². The number of nitrogens with two attached hydrogens (primary N) is 2. The summed E-state index contributed by atoms with van der Waals surface area (Å²) in [5.41, 5.74) is 14.0. The molecule has 2 atom stereocenters. The van der Waals surface area contributed by atoms with Crippen LogP contribution in [0.2, 0.25) is 0 Å². The molecular weight excluding hydrogens is 610 g/mol. The average Bonchev–Trinajstić information content (AvgIpc) is 3.75. The van der Waals surface area contributed by atoms with Gasteiger partial charge in [-0.3, -0.25) is 19.9 Å². The lowest BCUT2D eigenvalue weighted by Crippen LogP contribution is -2.71. The number of β-lactam (4-membered cyclic amide) rings is 1. The Labute approximate surface area is 257 Å². The predicted octanol–water partition coefficient (Wildman–Crippen LogP) is 0.682. The molecule has 0 radical (unpaired) electrons. The number of aromatic nitrogens is 3. The zero-order valence-electron chi connectivity index (χ0n) is 23.1. The number of anilines is 1. The number of carboxylic acids is 1. The molecule has 17 heteroatoms. The summed E-state index contributed by atoms with van der Waals surface area (Å²) in [7, 11) is 1.28. The van der Waals surface area contributed by atoms with Crippen molar-refractivity contribution in [2.75, 3.05) is 18.6 Å². The van der Waals surface area contributed by atoms with Crippen LogP contribution in [0, 0.1) is 5.41 Å². The molecule has 0 unspecified atom stereocenters. The van der Waals surface area contributed by atoms with Crippen LogP contribution in [0.1, 0.15) is 17.0 Å². The lowest BCUT2D eigenvalue weighted by molar-refractivity contribution is -0.663. The number of furan rings is 1. The molecule has 6 rings (SSSR count). The second-order valence-electron chi connectivity index (χ2n) is 9.88. The molecule has 2 aliphatic heterocycles. The van der Waals surface area contributed by atoms with Gasteiger partial charge in [-0.05, 0) is 12.1 Å². The number of aliphatic carboxylic acids is 1. The van der Waals surface area contributed by atoms with E-state index in [9.17, 15) is 19.5 Å². The van der Waals surface area contributed by atoms with Crippen molar-refractivity contribution in [3.8, 4) is 0 Å². The number of nitrogen functional groups attached to an aromatic ring is 2. The molecule has 1 fully saturated rings. The van der Waals surface area contributed by atoms with E-state index in [4.69, 9.17) is 26.1 Å². The molecule has 4 aromatic rings. The molecule has 0 bridgehead atoms. The normalized spacial score (nSPS) is 18.2. The molecule has 1 saturated heterocycles. The number of fused-ring (bicyclic) bond motifs is 2. The number of nitrogens with zero attached hydrogens (tertiary/aromatic N) is 5. The maximum Gasteiger partial charge on any atom is 0.352 e. The molecule has 15 nitrogen and oxygen atoms in total. The second-order valence-corrected chi connectivity index (χ2v) is 11.9. The van der Waals surface area contributed by atoms with Crippen molar-refractivity contribution in [2.24, 2.45) is 10.9 Å². The van der Waals surface area contributed by atoms with Gasteiger partial charge in [0.2, 0.25) is 5.52 Å². The summed E-state index contributed by atoms with van der Waals surface area (Å²) in [4.78, 5) is 48.8. The minimum Gasteiger partial charge on any atom is -0.477 e. The van der Waals surface area contributed by atoms with Gasteiger partial charge in [0.05, 0.1) is 12.1 Å². The molecule has 2 amide bonds. The van der Waals surface area contributed by atoms with Crippen molar-refractivity contribution in [2.45, 2.75) is 24.5 Å². The number of thiazole rings is 1. The van der Waals surface area contributed by atoms with Crippen molar-refractivity contribution in [3.05, 3.63) is 76.6 Å². The minimum atomic E-state index is -1.23. The van der Waals surface area contributed by atoms with Gasteiger partial charge in [0.25, 0.3) is 11.8 Å². The van der Waals surface area contributed by atoms with Crippen LogP contribution < -0.4 is 21.4 Å². The number of hydrogen-bond donors (Lipinski definition) is 5. The first-order valence-electron chi connectivity index (χ1n) is 13.1. The van der Waals surface area contributed by atoms with Crippen LogP contribution in [0.3, 0.4) is 0 Å². The maximum absolute atomic E-state index is 13.3. The van der Waals surface area contributed by atoms with Gasteiger partial charge in [-0.25, -0.2) is 9.78 Å². The van der Waals surface area contributed by atoms with E-state index < -0.39 is 29.2 Å². The first kappa shape index (κ1) is 28.9. The van der Waals surface area contributed by atoms with Gasteiger partial charge in [0.1, 0.15) is 53.3 Å². The molecule has 7 N–H and O–H groups in total. The highest BCUT2D eigenvalue weighted by Gasteiger charge is 2.55. The third-order valence-electron chi connectivity index (χ3n) is 7.16. The Morgan fingerprint density at radius 1 is 1.39 bits per heavy atom. The topological polar surface area (TPSA) is 219 Å². The average molecular weight is 637 g/mol. The fraction of sp³-hybridized carbons (Fsp3) is 0.222. The van der Waals surface area contributed by atoms with Crippen LogP contribution in [0.5, 0.6) is 0 Å². The van der Waals surface area contributed by atoms with Crippen LogP contribution in [-0.2, 0) is 32.3 Å². The van der Waals surface area contributed by atoms with Gasteiger partial charge >= 0.3 is 5.97 Å². The summed E-state index contributed by atoms with van der Waals surface area (Å²) in [5.74, 6) is -1.59. The zero-order chi connectivity index (χ0) is 31.1. The Hall–Kier alpha value is -5.16. The van der Waals surface area contributed by atoms with E-state index in [1.54, 1.807) is 11.4 Å². The van der Waals surface area contributed by atoms with Crippen molar-refractivity contribution in [3.63, 3.8) is 0 Å².